The fourth-order valence-corrected chi connectivity index (χ4v) is 3.60. The molecule has 1 saturated heterocycles. The Kier molecular flexibility index (Phi) is 5.07. The quantitative estimate of drug-likeness (QED) is 0.774. The first-order valence-corrected chi connectivity index (χ1v) is 9.87. The molecule has 2 heterocycles. The van der Waals surface area contributed by atoms with Crippen molar-refractivity contribution in [3.8, 4) is 0 Å². The molecule has 0 radical (unpaired) electrons. The maximum atomic E-state index is 13.0. The molecule has 2 aromatic rings. The van der Waals surface area contributed by atoms with E-state index in [-0.39, 0.29) is 12.5 Å². The van der Waals surface area contributed by atoms with Crippen LogP contribution in [-0.2, 0) is 14.4 Å². The maximum absolute atomic E-state index is 13.0. The third-order valence-electron chi connectivity index (χ3n) is 5.32. The molecule has 3 amide bonds. The van der Waals surface area contributed by atoms with Crippen molar-refractivity contribution >= 4 is 29.1 Å². The molecule has 0 aromatic heterocycles. The number of benzene rings is 2. The molecular formula is C22H23N5O3. The lowest BCUT2D eigenvalue weighted by molar-refractivity contribution is -0.123. The van der Waals surface area contributed by atoms with Crippen LogP contribution in [0.2, 0.25) is 0 Å². The molecule has 154 valence electrons. The van der Waals surface area contributed by atoms with Gasteiger partial charge < -0.3 is 5.32 Å². The van der Waals surface area contributed by atoms with Crippen LogP contribution in [0.25, 0.3) is 0 Å². The lowest BCUT2D eigenvalue weighted by Crippen LogP contribution is -2.43. The van der Waals surface area contributed by atoms with E-state index >= 15 is 0 Å². The van der Waals surface area contributed by atoms with Gasteiger partial charge in [-0.15, -0.1) is 0 Å². The summed E-state index contributed by atoms with van der Waals surface area (Å²) in [7, 11) is 0. The second-order valence-corrected chi connectivity index (χ2v) is 7.86. The van der Waals surface area contributed by atoms with E-state index < -0.39 is 23.9 Å². The van der Waals surface area contributed by atoms with Crippen LogP contribution in [0.4, 0.5) is 11.4 Å². The lowest BCUT2D eigenvalue weighted by atomic mass is 10.0. The van der Waals surface area contributed by atoms with Gasteiger partial charge in [0.2, 0.25) is 5.91 Å². The van der Waals surface area contributed by atoms with Crippen LogP contribution in [0.1, 0.15) is 30.9 Å². The number of anilines is 2. The monoisotopic (exact) mass is 405 g/mol. The van der Waals surface area contributed by atoms with Crippen LogP contribution in [0.3, 0.4) is 0 Å². The zero-order valence-corrected chi connectivity index (χ0v) is 17.1. The Balaban J connectivity index is 1.47. The number of carbonyl (C=O) groups excluding carboxylic acids is 3. The zero-order chi connectivity index (χ0) is 21.4. The van der Waals surface area contributed by atoms with E-state index in [1.807, 2.05) is 31.2 Å². The largest absolute Gasteiger partial charge is 0.324 e. The van der Waals surface area contributed by atoms with Crippen molar-refractivity contribution in [2.75, 3.05) is 16.8 Å². The lowest BCUT2D eigenvalue weighted by Gasteiger charge is -2.20. The summed E-state index contributed by atoms with van der Waals surface area (Å²) in [6.45, 7) is 5.94. The van der Waals surface area contributed by atoms with E-state index in [2.05, 4.69) is 29.5 Å². The van der Waals surface area contributed by atoms with Crippen LogP contribution in [-0.4, -0.2) is 41.4 Å². The van der Waals surface area contributed by atoms with E-state index in [0.29, 0.717) is 17.3 Å². The van der Waals surface area contributed by atoms with Gasteiger partial charge in [-0.2, -0.15) is 5.11 Å². The number of hydrogen-bond acceptors (Lipinski definition) is 6. The summed E-state index contributed by atoms with van der Waals surface area (Å²) in [5.74, 6) is -0.832. The standard InChI is InChI=1S/C22H23N5O3/c1-13(2)15-6-10-17(11-7-15)27-21(29)19-20(22(27)30)26(25-24-19)12-18(28)23-16-8-4-14(3)5-9-16/h4-11,13,19-20H,12H2,1-3H3,(H,23,28)/t19-,20-/m0/s1. The molecule has 0 saturated carbocycles. The minimum absolute atomic E-state index is 0.169. The molecule has 4 rings (SSSR count). The zero-order valence-electron chi connectivity index (χ0n) is 17.1. The fraction of sp³-hybridized carbons (Fsp3) is 0.318. The number of fused-ring (bicyclic) bond motifs is 1. The smallest absolute Gasteiger partial charge is 0.263 e. The summed E-state index contributed by atoms with van der Waals surface area (Å²) in [5.41, 5.74) is 3.36. The molecule has 0 aliphatic carbocycles. The summed E-state index contributed by atoms with van der Waals surface area (Å²) in [4.78, 5) is 39.4. The first-order valence-electron chi connectivity index (χ1n) is 9.87. The topological polar surface area (TPSA) is 94.4 Å². The molecule has 0 spiro atoms. The van der Waals surface area contributed by atoms with Gasteiger partial charge in [0.15, 0.2) is 12.1 Å². The van der Waals surface area contributed by atoms with Gasteiger partial charge in [0.05, 0.1) is 5.69 Å². The van der Waals surface area contributed by atoms with Crippen LogP contribution in [0, 0.1) is 6.92 Å². The highest BCUT2D eigenvalue weighted by molar-refractivity contribution is 6.25. The Morgan fingerprint density at radius 2 is 1.70 bits per heavy atom. The Morgan fingerprint density at radius 3 is 2.33 bits per heavy atom. The van der Waals surface area contributed by atoms with Gasteiger partial charge in [-0.3, -0.25) is 19.4 Å². The summed E-state index contributed by atoms with van der Waals surface area (Å²) >= 11 is 0. The van der Waals surface area contributed by atoms with Gasteiger partial charge in [0, 0.05) is 5.69 Å². The highest BCUT2D eigenvalue weighted by Gasteiger charge is 2.55. The molecular weight excluding hydrogens is 382 g/mol. The summed E-state index contributed by atoms with van der Waals surface area (Å²) in [5, 5.41) is 11.9. The molecule has 8 heteroatoms. The van der Waals surface area contributed by atoms with Crippen LogP contribution in [0.5, 0.6) is 0 Å². The molecule has 2 atom stereocenters. The maximum Gasteiger partial charge on any atom is 0.263 e. The minimum atomic E-state index is -0.922. The van der Waals surface area contributed by atoms with E-state index in [1.54, 1.807) is 24.3 Å². The molecule has 1 fully saturated rings. The molecule has 2 aliphatic rings. The normalized spacial score (nSPS) is 20.3. The van der Waals surface area contributed by atoms with Crippen LogP contribution in [0.15, 0.2) is 58.9 Å². The van der Waals surface area contributed by atoms with E-state index in [1.165, 1.54) is 5.01 Å². The molecule has 2 aromatic carbocycles. The molecule has 8 nitrogen and oxygen atoms in total. The highest BCUT2D eigenvalue weighted by atomic mass is 16.2. The average Bonchev–Trinajstić information content (AvgIpc) is 3.23. The second kappa shape index (κ2) is 7.70. The fourth-order valence-electron chi connectivity index (χ4n) is 3.60. The van der Waals surface area contributed by atoms with Gasteiger partial charge in [-0.1, -0.05) is 48.9 Å². The molecule has 0 unspecified atom stereocenters. The van der Waals surface area contributed by atoms with Crippen molar-refractivity contribution in [1.82, 2.24) is 5.01 Å². The van der Waals surface area contributed by atoms with Gasteiger partial charge in [-0.05, 0) is 42.7 Å². The molecule has 0 bridgehead atoms. The highest BCUT2D eigenvalue weighted by Crippen LogP contribution is 2.32. The Morgan fingerprint density at radius 1 is 1.03 bits per heavy atom. The van der Waals surface area contributed by atoms with Gasteiger partial charge >= 0.3 is 0 Å². The number of carbonyl (C=O) groups is 3. The van der Waals surface area contributed by atoms with Gasteiger partial charge in [-0.25, -0.2) is 4.90 Å². The number of amides is 3. The molecule has 30 heavy (non-hydrogen) atoms. The summed E-state index contributed by atoms with van der Waals surface area (Å²) in [6, 6.07) is 12.9. The first-order chi connectivity index (χ1) is 14.3. The number of nitrogens with one attached hydrogen (secondary N) is 1. The average molecular weight is 405 g/mol. The third-order valence-corrected chi connectivity index (χ3v) is 5.32. The van der Waals surface area contributed by atoms with Crippen LogP contribution >= 0.6 is 0 Å². The molecule has 2 aliphatic heterocycles. The van der Waals surface area contributed by atoms with Crippen molar-refractivity contribution < 1.29 is 14.4 Å². The Labute approximate surface area is 174 Å². The van der Waals surface area contributed by atoms with Crippen molar-refractivity contribution in [2.24, 2.45) is 10.3 Å². The number of hydrogen-bond donors (Lipinski definition) is 1. The predicted octanol–water partition coefficient (Wildman–Crippen LogP) is 3.05. The number of imide groups is 1. The second-order valence-electron chi connectivity index (χ2n) is 7.86. The van der Waals surface area contributed by atoms with Crippen molar-refractivity contribution in [2.45, 2.75) is 38.8 Å². The number of rotatable bonds is 5. The minimum Gasteiger partial charge on any atom is -0.324 e. The van der Waals surface area contributed by atoms with Crippen LogP contribution < -0.4 is 10.2 Å². The SMILES string of the molecule is Cc1ccc(NC(=O)CN2N=N[C@@H]3C(=O)N(c4ccc(C(C)C)cc4)C(=O)[C@H]32)cc1. The predicted molar refractivity (Wildman–Crippen MR) is 112 cm³/mol. The van der Waals surface area contributed by atoms with Crippen molar-refractivity contribution in [3.63, 3.8) is 0 Å². The van der Waals surface area contributed by atoms with Crippen molar-refractivity contribution in [1.29, 1.82) is 0 Å². The molecule has 1 N–H and O–H groups in total. The van der Waals surface area contributed by atoms with Crippen molar-refractivity contribution in [3.05, 3.63) is 59.7 Å². The summed E-state index contributed by atoms with van der Waals surface area (Å²) < 4.78 is 0. The Hall–Kier alpha value is -3.55. The van der Waals surface area contributed by atoms with E-state index in [0.717, 1.165) is 16.0 Å². The summed E-state index contributed by atoms with van der Waals surface area (Å²) in [6.07, 6.45) is 0. The number of nitrogens with zero attached hydrogens (tertiary/aromatic N) is 4. The van der Waals surface area contributed by atoms with Gasteiger partial charge in [0.1, 0.15) is 6.54 Å². The third kappa shape index (κ3) is 3.56. The van der Waals surface area contributed by atoms with E-state index in [9.17, 15) is 14.4 Å². The number of aryl methyl sites for hydroxylation is 1. The van der Waals surface area contributed by atoms with E-state index in [4.69, 9.17) is 0 Å². The Bertz CT molecular complexity index is 1010. The van der Waals surface area contributed by atoms with Gasteiger partial charge in [0.25, 0.3) is 11.8 Å². The first kappa shape index (κ1) is 19.8.